The van der Waals surface area contributed by atoms with E-state index < -0.39 is 9.84 Å². The number of hydrogen-bond acceptors (Lipinski definition) is 4. The van der Waals surface area contributed by atoms with Gasteiger partial charge in [-0.2, -0.15) is 0 Å². The van der Waals surface area contributed by atoms with Crippen LogP contribution in [0.5, 0.6) is 5.75 Å². The Morgan fingerprint density at radius 1 is 1.12 bits per heavy atom. The number of rotatable bonds is 7. The average Bonchev–Trinajstić information content (AvgIpc) is 2.54. The lowest BCUT2D eigenvalue weighted by atomic mass is 10.1. The summed E-state index contributed by atoms with van der Waals surface area (Å²) in [6.07, 6.45) is 1.97. The highest BCUT2D eigenvalue weighted by atomic mass is 32.2. The molecule has 5 nitrogen and oxygen atoms in total. The van der Waals surface area contributed by atoms with E-state index in [9.17, 15) is 13.2 Å². The lowest BCUT2D eigenvalue weighted by Gasteiger charge is -2.10. The van der Waals surface area contributed by atoms with Crippen LogP contribution in [-0.2, 0) is 21.1 Å². The van der Waals surface area contributed by atoms with Gasteiger partial charge in [0.2, 0.25) is 5.91 Å². The van der Waals surface area contributed by atoms with Crippen molar-refractivity contribution in [2.24, 2.45) is 0 Å². The zero-order valence-electron chi connectivity index (χ0n) is 13.8. The zero-order valence-corrected chi connectivity index (χ0v) is 14.6. The molecule has 2 rings (SSSR count). The van der Waals surface area contributed by atoms with Crippen LogP contribution in [0.3, 0.4) is 0 Å². The summed E-state index contributed by atoms with van der Waals surface area (Å²) < 4.78 is 28.7. The molecule has 0 atom stereocenters. The Balaban J connectivity index is 2.00. The number of benzene rings is 2. The van der Waals surface area contributed by atoms with Crippen molar-refractivity contribution in [2.75, 3.05) is 18.2 Å². The van der Waals surface area contributed by atoms with Gasteiger partial charge in [-0.1, -0.05) is 24.3 Å². The first kappa shape index (κ1) is 18.0. The number of carbonyl (C=O) groups is 1. The molecule has 1 N–H and O–H groups in total. The number of sulfone groups is 1. The molecule has 1 amide bonds. The van der Waals surface area contributed by atoms with E-state index in [1.165, 1.54) is 12.1 Å². The minimum atomic E-state index is -3.30. The van der Waals surface area contributed by atoms with E-state index in [1.54, 1.807) is 12.1 Å². The Labute approximate surface area is 142 Å². The molecular formula is C18H21NO4S. The summed E-state index contributed by atoms with van der Waals surface area (Å²) >= 11 is 0. The van der Waals surface area contributed by atoms with Crippen molar-refractivity contribution < 1.29 is 17.9 Å². The highest BCUT2D eigenvalue weighted by molar-refractivity contribution is 7.90. The van der Waals surface area contributed by atoms with Gasteiger partial charge in [0, 0.05) is 18.4 Å². The molecule has 0 aliphatic rings. The maximum absolute atomic E-state index is 12.1. The smallest absolute Gasteiger partial charge is 0.224 e. The van der Waals surface area contributed by atoms with Crippen LogP contribution in [0.25, 0.3) is 0 Å². The number of amides is 1. The van der Waals surface area contributed by atoms with Crippen LogP contribution in [0.1, 0.15) is 18.9 Å². The van der Waals surface area contributed by atoms with Gasteiger partial charge in [0.25, 0.3) is 0 Å². The van der Waals surface area contributed by atoms with Gasteiger partial charge in [-0.05, 0) is 43.2 Å². The minimum Gasteiger partial charge on any atom is -0.494 e. The van der Waals surface area contributed by atoms with E-state index in [2.05, 4.69) is 5.32 Å². The fraction of sp³-hybridized carbons (Fsp3) is 0.278. The van der Waals surface area contributed by atoms with E-state index in [0.717, 1.165) is 17.6 Å². The fourth-order valence-corrected chi connectivity index (χ4v) is 2.95. The molecule has 0 aliphatic carbocycles. The van der Waals surface area contributed by atoms with E-state index in [4.69, 9.17) is 4.74 Å². The molecule has 0 bridgehead atoms. The number of carbonyl (C=O) groups excluding carboxylic acids is 1. The number of anilines is 1. The number of ether oxygens (including phenoxy) is 1. The molecule has 2 aromatic rings. The second kappa shape index (κ2) is 7.97. The second-order valence-corrected chi connectivity index (χ2v) is 7.40. The van der Waals surface area contributed by atoms with Crippen molar-refractivity contribution in [3.05, 3.63) is 54.1 Å². The molecule has 0 spiro atoms. The van der Waals surface area contributed by atoms with Crippen LogP contribution in [-0.4, -0.2) is 27.2 Å². The molecule has 0 aliphatic heterocycles. The first-order valence-corrected chi connectivity index (χ1v) is 9.60. The number of hydrogen-bond donors (Lipinski definition) is 1. The maximum atomic E-state index is 12.1. The molecule has 0 fully saturated rings. The summed E-state index contributed by atoms with van der Waals surface area (Å²) in [6.45, 7) is 2.49. The molecule has 2 aromatic carbocycles. The van der Waals surface area contributed by atoms with Gasteiger partial charge >= 0.3 is 0 Å². The Bertz CT molecular complexity index is 815. The van der Waals surface area contributed by atoms with Crippen molar-refractivity contribution in [3.8, 4) is 5.75 Å². The molecular weight excluding hydrogens is 326 g/mol. The molecule has 24 heavy (non-hydrogen) atoms. The molecule has 0 unspecified atom stereocenters. The molecule has 0 aromatic heterocycles. The number of aryl methyl sites for hydroxylation is 1. The minimum absolute atomic E-state index is 0.174. The number of nitrogens with one attached hydrogen (secondary N) is 1. The molecule has 0 heterocycles. The first-order chi connectivity index (χ1) is 11.4. The van der Waals surface area contributed by atoms with Crippen LogP contribution < -0.4 is 10.1 Å². The monoisotopic (exact) mass is 347 g/mol. The Hall–Kier alpha value is -2.34. The third-order valence-electron chi connectivity index (χ3n) is 3.44. The average molecular weight is 347 g/mol. The van der Waals surface area contributed by atoms with Gasteiger partial charge in [-0.25, -0.2) is 8.42 Å². The summed E-state index contributed by atoms with van der Waals surface area (Å²) in [4.78, 5) is 12.3. The molecule has 0 saturated heterocycles. The van der Waals surface area contributed by atoms with Crippen molar-refractivity contribution in [3.63, 3.8) is 0 Å². The quantitative estimate of drug-likeness (QED) is 0.835. The lowest BCUT2D eigenvalue weighted by molar-refractivity contribution is -0.116. The predicted octanol–water partition coefficient (Wildman–Crippen LogP) is 3.06. The number of para-hydroxylation sites is 1. The van der Waals surface area contributed by atoms with Crippen LogP contribution >= 0.6 is 0 Å². The predicted molar refractivity (Wildman–Crippen MR) is 94.1 cm³/mol. The summed E-state index contributed by atoms with van der Waals surface area (Å²) in [5, 5.41) is 2.73. The summed E-state index contributed by atoms with van der Waals surface area (Å²) in [5.41, 5.74) is 1.44. The van der Waals surface area contributed by atoms with Crippen LogP contribution in [0, 0.1) is 0 Å². The van der Waals surface area contributed by atoms with Gasteiger partial charge in [0.05, 0.1) is 11.5 Å². The SMILES string of the molecule is CCOc1ccccc1CCC(=O)Nc1cccc(S(C)(=O)=O)c1. The summed E-state index contributed by atoms with van der Waals surface area (Å²) in [7, 11) is -3.30. The standard InChI is InChI=1S/C18H21NO4S/c1-3-23-17-10-5-4-7-14(17)11-12-18(20)19-15-8-6-9-16(13-15)24(2,21)22/h4-10,13H,3,11-12H2,1-2H3,(H,19,20). The van der Waals surface area contributed by atoms with E-state index in [-0.39, 0.29) is 17.2 Å². The molecule has 0 radical (unpaired) electrons. The maximum Gasteiger partial charge on any atom is 0.224 e. The third-order valence-corrected chi connectivity index (χ3v) is 4.55. The Kier molecular flexibility index (Phi) is 5.98. The fourth-order valence-electron chi connectivity index (χ4n) is 2.28. The topological polar surface area (TPSA) is 72.5 Å². The van der Waals surface area contributed by atoms with Gasteiger partial charge in [0.1, 0.15) is 5.75 Å². The lowest BCUT2D eigenvalue weighted by Crippen LogP contribution is -2.13. The van der Waals surface area contributed by atoms with Crippen molar-refractivity contribution in [1.82, 2.24) is 0 Å². The Morgan fingerprint density at radius 3 is 2.58 bits per heavy atom. The molecule has 6 heteroatoms. The van der Waals surface area contributed by atoms with Gasteiger partial charge < -0.3 is 10.1 Å². The molecule has 128 valence electrons. The van der Waals surface area contributed by atoms with Gasteiger partial charge in [-0.3, -0.25) is 4.79 Å². The van der Waals surface area contributed by atoms with Gasteiger partial charge in [-0.15, -0.1) is 0 Å². The first-order valence-electron chi connectivity index (χ1n) is 7.71. The van der Waals surface area contributed by atoms with Crippen molar-refractivity contribution in [2.45, 2.75) is 24.7 Å². The summed E-state index contributed by atoms with van der Waals surface area (Å²) in [5.74, 6) is 0.610. The van der Waals surface area contributed by atoms with E-state index >= 15 is 0 Å². The highest BCUT2D eigenvalue weighted by Gasteiger charge is 2.10. The van der Waals surface area contributed by atoms with Gasteiger partial charge in [0.15, 0.2) is 9.84 Å². The van der Waals surface area contributed by atoms with Crippen LogP contribution in [0.2, 0.25) is 0 Å². The molecule has 0 saturated carbocycles. The normalized spacial score (nSPS) is 11.1. The summed E-state index contributed by atoms with van der Waals surface area (Å²) in [6, 6.07) is 13.9. The zero-order chi connectivity index (χ0) is 17.6. The largest absolute Gasteiger partial charge is 0.494 e. The highest BCUT2D eigenvalue weighted by Crippen LogP contribution is 2.20. The van der Waals surface area contributed by atoms with Crippen molar-refractivity contribution >= 4 is 21.4 Å². The third kappa shape index (κ3) is 5.09. The van der Waals surface area contributed by atoms with Crippen LogP contribution in [0.4, 0.5) is 5.69 Å². The van der Waals surface area contributed by atoms with Crippen LogP contribution in [0.15, 0.2) is 53.4 Å². The van der Waals surface area contributed by atoms with E-state index in [1.807, 2.05) is 31.2 Å². The van der Waals surface area contributed by atoms with E-state index in [0.29, 0.717) is 18.7 Å². The van der Waals surface area contributed by atoms with Crippen molar-refractivity contribution in [1.29, 1.82) is 0 Å². The second-order valence-electron chi connectivity index (χ2n) is 5.39. The Morgan fingerprint density at radius 2 is 1.88 bits per heavy atom.